The first-order chi connectivity index (χ1) is 17.4. The Labute approximate surface area is 223 Å². The van der Waals surface area contributed by atoms with Gasteiger partial charge in [0.1, 0.15) is 11.5 Å². The molecule has 0 saturated heterocycles. The predicted molar refractivity (Wildman–Crippen MR) is 154 cm³/mol. The van der Waals surface area contributed by atoms with E-state index in [1.807, 2.05) is 80.6 Å². The molecule has 36 heavy (non-hydrogen) atoms. The van der Waals surface area contributed by atoms with Crippen LogP contribution in [-0.2, 0) is 4.79 Å². The molecule has 0 radical (unpaired) electrons. The largest absolute Gasteiger partial charge is 0.495 e. The Morgan fingerprint density at radius 2 is 1.92 bits per heavy atom. The van der Waals surface area contributed by atoms with Gasteiger partial charge in [0.2, 0.25) is 5.91 Å². The Balaban J connectivity index is 1.35. The van der Waals surface area contributed by atoms with E-state index in [2.05, 4.69) is 20.9 Å². The van der Waals surface area contributed by atoms with Gasteiger partial charge in [-0.25, -0.2) is 4.98 Å². The first kappa shape index (κ1) is 25.7. The van der Waals surface area contributed by atoms with E-state index in [-0.39, 0.29) is 11.2 Å². The molecule has 0 aliphatic rings. The number of fused-ring (bicyclic) bond motifs is 1. The molecule has 0 fully saturated rings. The van der Waals surface area contributed by atoms with Crippen LogP contribution in [0.4, 0.5) is 16.5 Å². The second kappa shape index (κ2) is 12.1. The third-order valence-corrected chi connectivity index (χ3v) is 7.26. The minimum atomic E-state index is -0.329. The van der Waals surface area contributed by atoms with Crippen LogP contribution < -0.4 is 25.4 Å². The van der Waals surface area contributed by atoms with Crippen molar-refractivity contribution in [2.24, 2.45) is 0 Å². The molecule has 1 unspecified atom stereocenters. The summed E-state index contributed by atoms with van der Waals surface area (Å²) in [6, 6.07) is 21.0. The SMILES string of the molecule is CCOc1ccc2nc(NC(=O)C(C)Sc3cccc(NC(=S)Nc4ccccc4OC)c3)sc2c1. The van der Waals surface area contributed by atoms with Crippen molar-refractivity contribution >= 4 is 73.1 Å². The zero-order valence-electron chi connectivity index (χ0n) is 20.0. The molecule has 4 rings (SSSR count). The van der Waals surface area contributed by atoms with Crippen LogP contribution in [0.1, 0.15) is 13.8 Å². The predicted octanol–water partition coefficient (Wildman–Crippen LogP) is 6.63. The van der Waals surface area contributed by atoms with E-state index < -0.39 is 0 Å². The first-order valence-corrected chi connectivity index (χ1v) is 13.4. The minimum absolute atomic E-state index is 0.115. The fourth-order valence-electron chi connectivity index (χ4n) is 3.36. The summed E-state index contributed by atoms with van der Waals surface area (Å²) in [5, 5.41) is 9.95. The molecular weight excluding hydrogens is 513 g/mol. The number of para-hydroxylation sites is 2. The highest BCUT2D eigenvalue weighted by atomic mass is 32.2. The molecule has 0 aliphatic carbocycles. The molecule has 0 bridgehead atoms. The smallest absolute Gasteiger partial charge is 0.239 e. The molecule has 0 aliphatic heterocycles. The fraction of sp³-hybridized carbons (Fsp3) is 0.192. The molecule has 4 aromatic rings. The van der Waals surface area contributed by atoms with Crippen LogP contribution in [-0.4, -0.2) is 35.0 Å². The first-order valence-electron chi connectivity index (χ1n) is 11.3. The van der Waals surface area contributed by atoms with Gasteiger partial charge in [0.15, 0.2) is 10.2 Å². The molecule has 1 aromatic heterocycles. The maximum absolute atomic E-state index is 12.8. The quantitative estimate of drug-likeness (QED) is 0.162. The van der Waals surface area contributed by atoms with Crippen LogP contribution in [0, 0.1) is 0 Å². The highest BCUT2D eigenvalue weighted by Crippen LogP contribution is 2.31. The number of rotatable bonds is 9. The lowest BCUT2D eigenvalue weighted by molar-refractivity contribution is -0.115. The van der Waals surface area contributed by atoms with Crippen LogP contribution in [0.3, 0.4) is 0 Å². The molecule has 0 saturated carbocycles. The van der Waals surface area contributed by atoms with Crippen LogP contribution in [0.2, 0.25) is 0 Å². The van der Waals surface area contributed by atoms with Crippen molar-refractivity contribution in [3.05, 3.63) is 66.7 Å². The summed E-state index contributed by atoms with van der Waals surface area (Å²) in [4.78, 5) is 18.3. The summed E-state index contributed by atoms with van der Waals surface area (Å²) < 4.78 is 11.9. The number of carbonyl (C=O) groups is 1. The molecule has 1 heterocycles. The summed E-state index contributed by atoms with van der Waals surface area (Å²) in [7, 11) is 1.62. The van der Waals surface area contributed by atoms with Crippen molar-refractivity contribution in [3.8, 4) is 11.5 Å². The number of hydrogen-bond donors (Lipinski definition) is 3. The van der Waals surface area contributed by atoms with Crippen molar-refractivity contribution in [3.63, 3.8) is 0 Å². The second-order valence-electron chi connectivity index (χ2n) is 7.64. The van der Waals surface area contributed by atoms with Crippen LogP contribution in [0.15, 0.2) is 71.6 Å². The van der Waals surface area contributed by atoms with Crippen molar-refractivity contribution < 1.29 is 14.3 Å². The standard InChI is InChI=1S/C26H26N4O3S3/c1-4-33-18-12-13-21-23(15-18)36-26(29-21)30-24(31)16(2)35-19-9-7-8-17(14-19)27-25(34)28-20-10-5-6-11-22(20)32-3/h5-16H,4H2,1-3H3,(H2,27,28,34)(H,29,30,31). The van der Waals surface area contributed by atoms with Gasteiger partial charge >= 0.3 is 0 Å². The van der Waals surface area contributed by atoms with E-state index in [0.717, 1.165) is 32.2 Å². The Morgan fingerprint density at radius 3 is 2.72 bits per heavy atom. The van der Waals surface area contributed by atoms with Gasteiger partial charge < -0.3 is 25.4 Å². The van der Waals surface area contributed by atoms with Crippen molar-refractivity contribution in [2.45, 2.75) is 24.0 Å². The Kier molecular flexibility index (Phi) is 8.63. The molecule has 3 aromatic carbocycles. The topological polar surface area (TPSA) is 84.5 Å². The zero-order chi connectivity index (χ0) is 25.5. The zero-order valence-corrected chi connectivity index (χ0v) is 22.5. The number of nitrogens with zero attached hydrogens (tertiary/aromatic N) is 1. The van der Waals surface area contributed by atoms with E-state index in [1.165, 1.54) is 23.1 Å². The third kappa shape index (κ3) is 6.66. The Hall–Kier alpha value is -3.34. The second-order valence-corrected chi connectivity index (χ2v) is 10.5. The third-order valence-electron chi connectivity index (χ3n) is 5.03. The normalized spacial score (nSPS) is 11.5. The lowest BCUT2D eigenvalue weighted by Gasteiger charge is -2.14. The van der Waals surface area contributed by atoms with Gasteiger partial charge in [0.05, 0.1) is 34.9 Å². The number of thiazole rings is 1. The number of amides is 1. The molecule has 3 N–H and O–H groups in total. The monoisotopic (exact) mass is 538 g/mol. The number of hydrogen-bond acceptors (Lipinski definition) is 7. The highest BCUT2D eigenvalue weighted by Gasteiger charge is 2.17. The number of methoxy groups -OCH3 is 1. The average Bonchev–Trinajstić information content (AvgIpc) is 3.26. The molecule has 0 spiro atoms. The number of thiocarbonyl (C=S) groups is 1. The van der Waals surface area contributed by atoms with E-state index >= 15 is 0 Å². The maximum atomic E-state index is 12.8. The lowest BCUT2D eigenvalue weighted by atomic mass is 10.3. The fourth-order valence-corrected chi connectivity index (χ4v) is 5.41. The molecule has 10 heteroatoms. The van der Waals surface area contributed by atoms with Crippen molar-refractivity contribution in [1.82, 2.24) is 4.98 Å². The summed E-state index contributed by atoms with van der Waals surface area (Å²) in [5.41, 5.74) is 2.42. The average molecular weight is 539 g/mol. The van der Waals surface area contributed by atoms with E-state index in [9.17, 15) is 4.79 Å². The molecular formula is C26H26N4O3S3. The van der Waals surface area contributed by atoms with Crippen molar-refractivity contribution in [2.75, 3.05) is 29.7 Å². The van der Waals surface area contributed by atoms with E-state index in [0.29, 0.717) is 22.6 Å². The van der Waals surface area contributed by atoms with E-state index in [1.54, 1.807) is 7.11 Å². The Morgan fingerprint density at radius 1 is 1.08 bits per heavy atom. The Bertz CT molecular complexity index is 1380. The summed E-state index contributed by atoms with van der Waals surface area (Å²) in [6.45, 7) is 4.42. The maximum Gasteiger partial charge on any atom is 0.239 e. The van der Waals surface area contributed by atoms with Crippen LogP contribution in [0.5, 0.6) is 11.5 Å². The number of benzene rings is 3. The number of anilines is 3. The lowest BCUT2D eigenvalue weighted by Crippen LogP contribution is -2.22. The van der Waals surface area contributed by atoms with E-state index in [4.69, 9.17) is 21.7 Å². The van der Waals surface area contributed by atoms with Gasteiger partial charge in [0, 0.05) is 10.6 Å². The number of nitrogens with one attached hydrogen (secondary N) is 3. The summed E-state index contributed by atoms with van der Waals surface area (Å²) in [6.07, 6.45) is 0. The molecule has 1 atom stereocenters. The number of carbonyl (C=O) groups excluding carboxylic acids is 1. The highest BCUT2D eigenvalue weighted by molar-refractivity contribution is 8.00. The van der Waals surface area contributed by atoms with Gasteiger partial charge in [-0.2, -0.15) is 0 Å². The number of thioether (sulfide) groups is 1. The molecule has 1 amide bonds. The summed E-state index contributed by atoms with van der Waals surface area (Å²) >= 11 is 8.35. The minimum Gasteiger partial charge on any atom is -0.495 e. The van der Waals surface area contributed by atoms with Gasteiger partial charge in [-0.3, -0.25) is 4.79 Å². The van der Waals surface area contributed by atoms with Gasteiger partial charge in [-0.1, -0.05) is 29.5 Å². The summed E-state index contributed by atoms with van der Waals surface area (Å²) in [5.74, 6) is 1.38. The number of ether oxygens (including phenoxy) is 2. The van der Waals surface area contributed by atoms with Crippen molar-refractivity contribution in [1.29, 1.82) is 0 Å². The van der Waals surface area contributed by atoms with Gasteiger partial charge in [0.25, 0.3) is 0 Å². The van der Waals surface area contributed by atoms with Crippen LogP contribution >= 0.6 is 35.3 Å². The molecule has 186 valence electrons. The van der Waals surface area contributed by atoms with Gasteiger partial charge in [-0.05, 0) is 74.6 Å². The van der Waals surface area contributed by atoms with Crippen LogP contribution in [0.25, 0.3) is 10.2 Å². The number of aromatic nitrogens is 1. The molecule has 7 nitrogen and oxygen atoms in total. The van der Waals surface area contributed by atoms with Gasteiger partial charge in [-0.15, -0.1) is 11.8 Å².